The summed E-state index contributed by atoms with van der Waals surface area (Å²) in [5, 5.41) is 16.1. The molecule has 0 fully saturated rings. The second-order valence-corrected chi connectivity index (χ2v) is 1.13. The van der Waals surface area contributed by atoms with E-state index in [-0.39, 0.29) is 13.2 Å². The lowest BCUT2D eigenvalue weighted by Gasteiger charge is -1.97. The minimum Gasteiger partial charge on any atom is -0.397 e. The van der Waals surface area contributed by atoms with E-state index >= 15 is 0 Å². The highest BCUT2D eigenvalue weighted by molar-refractivity contribution is 6.11. The van der Waals surface area contributed by atoms with E-state index in [1.807, 2.05) is 0 Å². The van der Waals surface area contributed by atoms with Crippen molar-refractivity contribution in [1.29, 1.82) is 0 Å². The third-order valence-corrected chi connectivity index (χ3v) is 0.469. The predicted molar refractivity (Wildman–Crippen MR) is 23.7 cm³/mol. The summed E-state index contributed by atoms with van der Waals surface area (Å²) in [4.78, 5) is 0. The summed E-state index contributed by atoms with van der Waals surface area (Å²) in [5.41, 5.74) is 0. The minimum absolute atomic E-state index is 0.142. The molecule has 0 saturated heterocycles. The maximum Gasteiger partial charge on any atom is 0.0762 e. The molecule has 2 N–H and O–H groups in total. The number of hydrogen-bond donors (Lipinski definition) is 2. The van der Waals surface area contributed by atoms with Gasteiger partial charge in [-0.1, -0.05) is 0 Å². The molecule has 2 nitrogen and oxygen atoms in total. The molecule has 34 valence electrons. The van der Waals surface area contributed by atoms with Gasteiger partial charge in [-0.2, -0.15) is 0 Å². The van der Waals surface area contributed by atoms with Crippen LogP contribution in [0, 0.1) is 0 Å². The number of rotatable bonds is 2. The van der Waals surface area contributed by atoms with Gasteiger partial charge < -0.3 is 10.2 Å². The topological polar surface area (TPSA) is 40.5 Å². The maximum absolute atomic E-state index is 8.05. The van der Waals surface area contributed by atoms with Gasteiger partial charge >= 0.3 is 0 Å². The molecule has 0 aliphatic heterocycles. The summed E-state index contributed by atoms with van der Waals surface area (Å²) < 4.78 is 0. The van der Waals surface area contributed by atoms with Crippen LogP contribution in [-0.4, -0.2) is 31.3 Å². The lowest BCUT2D eigenvalue weighted by Crippen LogP contribution is -2.02. The van der Waals surface area contributed by atoms with Gasteiger partial charge in [-0.25, -0.2) is 0 Å². The molecule has 6 heavy (non-hydrogen) atoms. The zero-order valence-corrected chi connectivity index (χ0v) is 3.46. The summed E-state index contributed by atoms with van der Waals surface area (Å²) in [6.45, 7) is -0.285. The first kappa shape index (κ1) is 5.98. The van der Waals surface area contributed by atoms with Crippen LogP contribution < -0.4 is 0 Å². The third-order valence-electron chi connectivity index (χ3n) is 0.469. The van der Waals surface area contributed by atoms with E-state index in [4.69, 9.17) is 18.1 Å². The largest absolute Gasteiger partial charge is 0.397 e. The fourth-order valence-electron chi connectivity index (χ4n) is 0.0577. The van der Waals surface area contributed by atoms with E-state index in [1.54, 1.807) is 0 Å². The molecule has 0 unspecified atom stereocenters. The summed E-state index contributed by atoms with van der Waals surface area (Å²) in [6.07, 6.45) is 0. The van der Waals surface area contributed by atoms with Gasteiger partial charge in [0, 0.05) is 13.2 Å². The van der Waals surface area contributed by atoms with Gasteiger partial charge in [0.2, 0.25) is 0 Å². The molecule has 2 radical (unpaired) electrons. The highest BCUT2D eigenvalue weighted by Gasteiger charge is 1.91. The standard InChI is InChI=1S/C3H7BO2/c4-3(1-5)2-6/h3,5-6H,1-2H2. The number of aliphatic hydroxyl groups excluding tert-OH is 2. The van der Waals surface area contributed by atoms with Crippen molar-refractivity contribution in [3.05, 3.63) is 0 Å². The Morgan fingerprint density at radius 3 is 1.67 bits per heavy atom. The molecule has 0 aromatic rings. The predicted octanol–water partition coefficient (Wildman–Crippen LogP) is -1.07. The molecule has 0 spiro atoms. The molecule has 0 aromatic carbocycles. The Morgan fingerprint density at radius 2 is 1.67 bits per heavy atom. The fraction of sp³-hybridized carbons (Fsp3) is 1.00. The summed E-state index contributed by atoms with van der Waals surface area (Å²) in [6, 6.07) is 0. The number of hydrogen-bond acceptors (Lipinski definition) is 2. The molecular formula is C3H7BO2. The first-order chi connectivity index (χ1) is 2.81. The van der Waals surface area contributed by atoms with Crippen molar-refractivity contribution < 1.29 is 10.2 Å². The minimum atomic E-state index is -0.454. The van der Waals surface area contributed by atoms with E-state index in [2.05, 4.69) is 0 Å². The molecule has 3 heteroatoms. The van der Waals surface area contributed by atoms with Crippen LogP contribution in [0.4, 0.5) is 0 Å². The summed E-state index contributed by atoms with van der Waals surface area (Å²) in [7, 11) is 4.97. The Morgan fingerprint density at radius 1 is 1.33 bits per heavy atom. The molecule has 0 rings (SSSR count). The molecule has 0 aliphatic rings. The van der Waals surface area contributed by atoms with Gasteiger partial charge in [0.15, 0.2) is 0 Å². The van der Waals surface area contributed by atoms with E-state index in [0.29, 0.717) is 0 Å². The van der Waals surface area contributed by atoms with Crippen molar-refractivity contribution in [2.24, 2.45) is 0 Å². The Hall–Kier alpha value is -0.0151. The van der Waals surface area contributed by atoms with Gasteiger partial charge in [0.05, 0.1) is 7.85 Å². The van der Waals surface area contributed by atoms with Crippen LogP contribution in [0.25, 0.3) is 0 Å². The Labute approximate surface area is 38.2 Å². The smallest absolute Gasteiger partial charge is 0.0762 e. The molecule has 0 aromatic heterocycles. The van der Waals surface area contributed by atoms with E-state index < -0.39 is 5.82 Å². The van der Waals surface area contributed by atoms with Crippen LogP contribution in [-0.2, 0) is 0 Å². The molecule has 0 amide bonds. The highest BCUT2D eigenvalue weighted by atomic mass is 16.3. The van der Waals surface area contributed by atoms with Crippen LogP contribution in [0.3, 0.4) is 0 Å². The van der Waals surface area contributed by atoms with Crippen LogP contribution in [0.1, 0.15) is 0 Å². The molecule has 0 saturated carbocycles. The second kappa shape index (κ2) is 3.19. The molecule has 0 aliphatic carbocycles. The van der Waals surface area contributed by atoms with Crippen LogP contribution in [0.15, 0.2) is 0 Å². The van der Waals surface area contributed by atoms with Gasteiger partial charge in [-0.15, -0.1) is 0 Å². The third kappa shape index (κ3) is 2.24. The van der Waals surface area contributed by atoms with E-state index in [9.17, 15) is 0 Å². The Bertz CT molecular complexity index is 28.0. The lowest BCUT2D eigenvalue weighted by atomic mass is 9.90. The summed E-state index contributed by atoms with van der Waals surface area (Å²) >= 11 is 0. The number of aliphatic hydroxyl groups is 2. The van der Waals surface area contributed by atoms with Gasteiger partial charge in [0.25, 0.3) is 0 Å². The van der Waals surface area contributed by atoms with Gasteiger partial charge in [-0.3, -0.25) is 0 Å². The van der Waals surface area contributed by atoms with Crippen molar-refractivity contribution in [3.63, 3.8) is 0 Å². The summed E-state index contributed by atoms with van der Waals surface area (Å²) in [5.74, 6) is -0.454. The Kier molecular flexibility index (Phi) is 3.18. The van der Waals surface area contributed by atoms with Crippen molar-refractivity contribution in [1.82, 2.24) is 0 Å². The Balaban J connectivity index is 2.75. The normalized spacial score (nSPS) is 9.83. The fourth-order valence-corrected chi connectivity index (χ4v) is 0.0577. The molecule has 0 heterocycles. The van der Waals surface area contributed by atoms with Crippen molar-refractivity contribution in [2.75, 3.05) is 13.2 Å². The zero-order chi connectivity index (χ0) is 4.99. The highest BCUT2D eigenvalue weighted by Crippen LogP contribution is 1.89. The van der Waals surface area contributed by atoms with E-state index in [1.165, 1.54) is 0 Å². The van der Waals surface area contributed by atoms with Crippen molar-refractivity contribution in [3.8, 4) is 0 Å². The van der Waals surface area contributed by atoms with Crippen LogP contribution in [0.2, 0.25) is 5.82 Å². The van der Waals surface area contributed by atoms with Gasteiger partial charge in [0.1, 0.15) is 0 Å². The SMILES string of the molecule is [B]C(CO)CO. The molecular weight excluding hydrogens is 78.8 g/mol. The zero-order valence-electron chi connectivity index (χ0n) is 3.46. The molecule has 0 bridgehead atoms. The van der Waals surface area contributed by atoms with Gasteiger partial charge in [-0.05, 0) is 5.82 Å². The van der Waals surface area contributed by atoms with Crippen molar-refractivity contribution >= 4 is 7.85 Å². The van der Waals surface area contributed by atoms with E-state index in [0.717, 1.165) is 0 Å². The maximum atomic E-state index is 8.05. The van der Waals surface area contributed by atoms with Crippen LogP contribution >= 0.6 is 0 Å². The quantitative estimate of drug-likeness (QED) is 0.420. The second-order valence-electron chi connectivity index (χ2n) is 1.13. The average molecular weight is 85.9 g/mol. The first-order valence-electron chi connectivity index (χ1n) is 1.78. The monoisotopic (exact) mass is 86.1 g/mol. The van der Waals surface area contributed by atoms with Crippen molar-refractivity contribution in [2.45, 2.75) is 5.82 Å². The van der Waals surface area contributed by atoms with Crippen LogP contribution in [0.5, 0.6) is 0 Å². The first-order valence-corrected chi connectivity index (χ1v) is 1.78. The lowest BCUT2D eigenvalue weighted by molar-refractivity contribution is 0.222. The molecule has 0 atom stereocenters. The average Bonchev–Trinajstić information content (AvgIpc) is 1.65.